The number of primary sulfonamides is 1. The van der Waals surface area contributed by atoms with Gasteiger partial charge in [-0.05, 0) is 84.0 Å². The number of nitrogens with zero attached hydrogens (tertiary/aromatic N) is 2. The lowest BCUT2D eigenvalue weighted by molar-refractivity contribution is -0.114. The summed E-state index contributed by atoms with van der Waals surface area (Å²) in [4.78, 5) is 13.0. The molecule has 2 aromatic rings. The number of rotatable bonds is 7. The molecular formula is C21H22IN3O5S. The van der Waals surface area contributed by atoms with Crippen molar-refractivity contribution in [3.63, 3.8) is 0 Å². The Morgan fingerprint density at radius 1 is 1.23 bits per heavy atom. The van der Waals surface area contributed by atoms with Crippen LogP contribution in [0.15, 0.2) is 52.0 Å². The first kappa shape index (κ1) is 23.2. The van der Waals surface area contributed by atoms with E-state index in [0.29, 0.717) is 35.1 Å². The van der Waals surface area contributed by atoms with Gasteiger partial charge in [0, 0.05) is 0 Å². The van der Waals surface area contributed by atoms with Crippen LogP contribution in [0.2, 0.25) is 0 Å². The van der Waals surface area contributed by atoms with E-state index in [9.17, 15) is 13.2 Å². The van der Waals surface area contributed by atoms with E-state index < -0.39 is 10.0 Å². The Balaban J connectivity index is 1.92. The predicted molar refractivity (Wildman–Crippen MR) is 128 cm³/mol. The molecule has 0 unspecified atom stereocenters. The van der Waals surface area contributed by atoms with Crippen molar-refractivity contribution in [3.05, 3.63) is 51.1 Å². The van der Waals surface area contributed by atoms with Gasteiger partial charge in [0.15, 0.2) is 11.5 Å². The number of nitrogens with two attached hydrogens (primary N) is 1. The van der Waals surface area contributed by atoms with Crippen LogP contribution < -0.4 is 19.6 Å². The number of hydrogen-bond donors (Lipinski definition) is 1. The van der Waals surface area contributed by atoms with Gasteiger partial charge in [0.25, 0.3) is 5.91 Å². The molecule has 1 amide bonds. The molecule has 3 rings (SSSR count). The fourth-order valence-electron chi connectivity index (χ4n) is 2.97. The molecule has 0 radical (unpaired) electrons. The van der Waals surface area contributed by atoms with Crippen LogP contribution in [0, 0.1) is 3.57 Å². The minimum atomic E-state index is -3.81. The van der Waals surface area contributed by atoms with Crippen molar-refractivity contribution in [2.75, 3.05) is 18.7 Å². The summed E-state index contributed by atoms with van der Waals surface area (Å²) in [5, 5.41) is 10.7. The number of hydrogen-bond acceptors (Lipinski definition) is 6. The first-order valence-corrected chi connectivity index (χ1v) is 12.0. The summed E-state index contributed by atoms with van der Waals surface area (Å²) in [5.41, 5.74) is 2.18. The van der Waals surface area contributed by atoms with Gasteiger partial charge in [0.2, 0.25) is 10.0 Å². The van der Waals surface area contributed by atoms with Gasteiger partial charge < -0.3 is 9.47 Å². The highest BCUT2D eigenvalue weighted by molar-refractivity contribution is 14.1. The average molecular weight is 555 g/mol. The smallest absolute Gasteiger partial charge is 0.280 e. The molecule has 1 heterocycles. The standard InChI is InChI=1S/C21H22IN3O5S/c1-4-9-30-20-18(22)11-14(12-19(20)29-3)10-17-13(2)24-25(21(17)26)15-5-7-16(8-6-15)31(23,27)28/h5-8,10-12H,4,9H2,1-3H3,(H2,23,27,28)/b17-10-. The summed E-state index contributed by atoms with van der Waals surface area (Å²) in [6, 6.07) is 9.38. The van der Waals surface area contributed by atoms with Gasteiger partial charge in [-0.15, -0.1) is 0 Å². The van der Waals surface area contributed by atoms with Crippen LogP contribution in [0.5, 0.6) is 11.5 Å². The molecule has 0 saturated heterocycles. The fraction of sp³-hybridized carbons (Fsp3) is 0.238. The Bertz CT molecular complexity index is 1170. The van der Waals surface area contributed by atoms with Gasteiger partial charge in [0.1, 0.15) is 0 Å². The van der Waals surface area contributed by atoms with E-state index >= 15 is 0 Å². The van der Waals surface area contributed by atoms with Crippen LogP contribution in [0.1, 0.15) is 25.8 Å². The zero-order valence-electron chi connectivity index (χ0n) is 17.3. The molecule has 2 N–H and O–H groups in total. The molecule has 164 valence electrons. The monoisotopic (exact) mass is 555 g/mol. The maximum absolute atomic E-state index is 13.0. The molecule has 0 fully saturated rings. The first-order valence-electron chi connectivity index (χ1n) is 9.40. The molecular weight excluding hydrogens is 533 g/mol. The number of sulfonamides is 1. The molecule has 1 aliphatic heterocycles. The second-order valence-electron chi connectivity index (χ2n) is 6.78. The normalized spacial score (nSPS) is 15.4. The summed E-state index contributed by atoms with van der Waals surface area (Å²) in [7, 11) is -2.24. The Kier molecular flexibility index (Phi) is 7.02. The molecule has 0 spiro atoms. The van der Waals surface area contributed by atoms with Crippen molar-refractivity contribution in [1.29, 1.82) is 0 Å². The lowest BCUT2D eigenvalue weighted by atomic mass is 10.1. The SMILES string of the molecule is CCCOc1c(I)cc(/C=C2\C(=O)N(c3ccc(S(N)(=O)=O)cc3)N=C2C)cc1OC. The minimum Gasteiger partial charge on any atom is -0.493 e. The number of benzene rings is 2. The number of carbonyl (C=O) groups excluding carboxylic acids is 1. The second-order valence-corrected chi connectivity index (χ2v) is 9.51. The van der Waals surface area contributed by atoms with E-state index in [0.717, 1.165) is 15.6 Å². The molecule has 10 heteroatoms. The molecule has 8 nitrogen and oxygen atoms in total. The van der Waals surface area contributed by atoms with Crippen LogP contribution in [-0.4, -0.2) is 33.8 Å². The Hall–Kier alpha value is -2.44. The fourth-order valence-corrected chi connectivity index (χ4v) is 4.27. The number of methoxy groups -OCH3 is 1. The van der Waals surface area contributed by atoms with Crippen LogP contribution in [0.25, 0.3) is 6.08 Å². The lowest BCUT2D eigenvalue weighted by Crippen LogP contribution is -2.21. The molecule has 0 aromatic heterocycles. The van der Waals surface area contributed by atoms with Crippen molar-refractivity contribution in [1.82, 2.24) is 0 Å². The highest BCUT2D eigenvalue weighted by atomic mass is 127. The van der Waals surface area contributed by atoms with Crippen LogP contribution in [-0.2, 0) is 14.8 Å². The summed E-state index contributed by atoms with van der Waals surface area (Å²) in [5.74, 6) is 0.940. The molecule has 31 heavy (non-hydrogen) atoms. The third-order valence-corrected chi connectivity index (χ3v) is 6.22. The molecule has 0 bridgehead atoms. The maximum Gasteiger partial charge on any atom is 0.280 e. The molecule has 0 aliphatic carbocycles. The van der Waals surface area contributed by atoms with Gasteiger partial charge in [-0.25, -0.2) is 13.6 Å². The van der Waals surface area contributed by atoms with Crippen molar-refractivity contribution >= 4 is 56.0 Å². The zero-order chi connectivity index (χ0) is 22.8. The Morgan fingerprint density at radius 3 is 2.48 bits per heavy atom. The topological polar surface area (TPSA) is 111 Å². The first-order chi connectivity index (χ1) is 14.7. The maximum atomic E-state index is 13.0. The summed E-state index contributed by atoms with van der Waals surface area (Å²) in [6.45, 7) is 4.35. The number of anilines is 1. The van der Waals surface area contributed by atoms with Crippen molar-refractivity contribution in [3.8, 4) is 11.5 Å². The van der Waals surface area contributed by atoms with E-state index in [1.807, 2.05) is 19.1 Å². The second kappa shape index (κ2) is 9.37. The number of amides is 1. The van der Waals surface area contributed by atoms with E-state index in [1.54, 1.807) is 20.1 Å². The summed E-state index contributed by atoms with van der Waals surface area (Å²) < 4.78 is 35.0. The van der Waals surface area contributed by atoms with Crippen molar-refractivity contribution < 1.29 is 22.7 Å². The molecule has 1 aliphatic rings. The van der Waals surface area contributed by atoms with E-state index in [4.69, 9.17) is 14.6 Å². The average Bonchev–Trinajstić information content (AvgIpc) is 3.00. The largest absolute Gasteiger partial charge is 0.493 e. The zero-order valence-corrected chi connectivity index (χ0v) is 20.2. The Labute approximate surface area is 194 Å². The van der Waals surface area contributed by atoms with Crippen LogP contribution >= 0.6 is 22.6 Å². The van der Waals surface area contributed by atoms with Gasteiger partial charge in [-0.3, -0.25) is 4.79 Å². The summed E-state index contributed by atoms with van der Waals surface area (Å²) in [6.07, 6.45) is 2.62. The highest BCUT2D eigenvalue weighted by Crippen LogP contribution is 2.35. The van der Waals surface area contributed by atoms with Crippen LogP contribution in [0.3, 0.4) is 0 Å². The quantitative estimate of drug-likeness (QED) is 0.415. The molecule has 0 saturated carbocycles. The minimum absolute atomic E-state index is 0.0357. The van der Waals surface area contributed by atoms with Gasteiger partial charge in [-0.2, -0.15) is 10.1 Å². The Morgan fingerprint density at radius 2 is 1.90 bits per heavy atom. The summed E-state index contributed by atoms with van der Waals surface area (Å²) >= 11 is 2.18. The predicted octanol–water partition coefficient (Wildman–Crippen LogP) is 3.54. The van der Waals surface area contributed by atoms with Gasteiger partial charge in [0.05, 0.1) is 39.2 Å². The van der Waals surface area contributed by atoms with Crippen molar-refractivity contribution in [2.24, 2.45) is 10.2 Å². The van der Waals surface area contributed by atoms with E-state index in [2.05, 4.69) is 27.7 Å². The number of hydrazone groups is 1. The van der Waals surface area contributed by atoms with Crippen molar-refractivity contribution in [2.45, 2.75) is 25.2 Å². The highest BCUT2D eigenvalue weighted by Gasteiger charge is 2.29. The molecule has 0 atom stereocenters. The lowest BCUT2D eigenvalue weighted by Gasteiger charge is -2.14. The molecule has 2 aromatic carbocycles. The van der Waals surface area contributed by atoms with E-state index in [-0.39, 0.29) is 10.8 Å². The number of ether oxygens (including phenoxy) is 2. The number of halogens is 1. The third kappa shape index (κ3) is 5.08. The van der Waals surface area contributed by atoms with E-state index in [1.165, 1.54) is 29.3 Å². The number of carbonyl (C=O) groups is 1. The van der Waals surface area contributed by atoms with Gasteiger partial charge in [-0.1, -0.05) is 6.92 Å². The van der Waals surface area contributed by atoms with Crippen LogP contribution in [0.4, 0.5) is 5.69 Å². The third-order valence-electron chi connectivity index (χ3n) is 4.49. The van der Waals surface area contributed by atoms with Gasteiger partial charge >= 0.3 is 0 Å².